The first kappa shape index (κ1) is 19.4. The Kier molecular flexibility index (Phi) is 5.89. The number of hydrogen-bond donors (Lipinski definition) is 1. The predicted molar refractivity (Wildman–Crippen MR) is 102 cm³/mol. The summed E-state index contributed by atoms with van der Waals surface area (Å²) in [4.78, 5) is 16.0. The zero-order valence-electron chi connectivity index (χ0n) is 14.8. The number of nitrogens with one attached hydrogen (secondary N) is 1. The third kappa shape index (κ3) is 5.30. The Morgan fingerprint density at radius 2 is 1.57 bits per heavy atom. The molecule has 142 valence electrons. The van der Waals surface area contributed by atoms with E-state index in [9.17, 15) is 18.0 Å². The summed E-state index contributed by atoms with van der Waals surface area (Å²) in [5, 5.41) is 2.77. The number of halogens is 3. The van der Waals surface area contributed by atoms with Gasteiger partial charge in [0.15, 0.2) is 0 Å². The Bertz CT molecular complexity index is 948. The van der Waals surface area contributed by atoms with Gasteiger partial charge in [-0.2, -0.15) is 13.2 Å². The Morgan fingerprint density at radius 1 is 0.929 bits per heavy atom. The van der Waals surface area contributed by atoms with Crippen LogP contribution in [-0.4, -0.2) is 10.9 Å². The summed E-state index contributed by atoms with van der Waals surface area (Å²) in [6, 6.07) is 17.7. The van der Waals surface area contributed by atoms with Gasteiger partial charge in [-0.1, -0.05) is 42.5 Å². The second-order valence-corrected chi connectivity index (χ2v) is 6.08. The SMILES string of the molecule is O=C(/C=C/c1ccccn1)NCc1ccc(-c2ccc(C(F)(F)F)cc2)cc1. The first-order valence-electron chi connectivity index (χ1n) is 8.55. The molecule has 0 saturated carbocycles. The van der Waals surface area contributed by atoms with Crippen LogP contribution in [-0.2, 0) is 17.5 Å². The van der Waals surface area contributed by atoms with Crippen LogP contribution in [0.2, 0.25) is 0 Å². The Hall–Kier alpha value is -3.41. The summed E-state index contributed by atoms with van der Waals surface area (Å²) in [6.07, 6.45) is 0.351. The van der Waals surface area contributed by atoms with Crippen LogP contribution in [0.5, 0.6) is 0 Å². The molecule has 0 bridgehead atoms. The van der Waals surface area contributed by atoms with Gasteiger partial charge in [-0.25, -0.2) is 0 Å². The maximum absolute atomic E-state index is 12.6. The molecule has 3 aromatic rings. The highest BCUT2D eigenvalue weighted by atomic mass is 19.4. The third-order valence-corrected chi connectivity index (χ3v) is 4.06. The average molecular weight is 382 g/mol. The van der Waals surface area contributed by atoms with Crippen LogP contribution in [0.3, 0.4) is 0 Å². The third-order valence-electron chi connectivity index (χ3n) is 4.06. The van der Waals surface area contributed by atoms with Crippen molar-refractivity contribution in [1.29, 1.82) is 0 Å². The van der Waals surface area contributed by atoms with E-state index >= 15 is 0 Å². The lowest BCUT2D eigenvalue weighted by atomic mass is 10.0. The summed E-state index contributed by atoms with van der Waals surface area (Å²) < 4.78 is 37.9. The molecule has 1 N–H and O–H groups in total. The minimum atomic E-state index is -4.34. The van der Waals surface area contributed by atoms with E-state index in [1.165, 1.54) is 18.2 Å². The average Bonchev–Trinajstić information content (AvgIpc) is 2.71. The number of carbonyl (C=O) groups is 1. The normalized spacial score (nSPS) is 11.5. The summed E-state index contributed by atoms with van der Waals surface area (Å²) in [7, 11) is 0. The number of benzene rings is 2. The molecule has 0 aliphatic rings. The molecule has 6 heteroatoms. The van der Waals surface area contributed by atoms with Gasteiger partial charge in [0.2, 0.25) is 5.91 Å². The molecule has 0 aliphatic carbocycles. The van der Waals surface area contributed by atoms with Crippen LogP contribution >= 0.6 is 0 Å². The molecule has 3 nitrogen and oxygen atoms in total. The van der Waals surface area contributed by atoms with Gasteiger partial charge >= 0.3 is 6.18 Å². The van der Waals surface area contributed by atoms with Gasteiger partial charge in [0.05, 0.1) is 11.3 Å². The molecule has 0 spiro atoms. The number of alkyl halides is 3. The Morgan fingerprint density at radius 3 is 2.14 bits per heavy atom. The van der Waals surface area contributed by atoms with Crippen molar-refractivity contribution in [3.63, 3.8) is 0 Å². The van der Waals surface area contributed by atoms with Gasteiger partial charge in [-0.3, -0.25) is 9.78 Å². The van der Waals surface area contributed by atoms with Crippen molar-refractivity contribution in [3.8, 4) is 11.1 Å². The summed E-state index contributed by atoms with van der Waals surface area (Å²) in [5.41, 5.74) is 2.41. The lowest BCUT2D eigenvalue weighted by Gasteiger charge is -2.08. The molecule has 0 radical (unpaired) electrons. The molecule has 0 unspecified atom stereocenters. The number of rotatable bonds is 5. The maximum atomic E-state index is 12.6. The van der Waals surface area contributed by atoms with Gasteiger partial charge in [-0.05, 0) is 47.0 Å². The van der Waals surface area contributed by atoms with Crippen molar-refractivity contribution in [3.05, 3.63) is 95.8 Å². The molecule has 1 aromatic heterocycles. The topological polar surface area (TPSA) is 42.0 Å². The van der Waals surface area contributed by atoms with Crippen molar-refractivity contribution in [2.75, 3.05) is 0 Å². The highest BCUT2D eigenvalue weighted by molar-refractivity contribution is 5.91. The molecule has 2 aromatic carbocycles. The van der Waals surface area contributed by atoms with E-state index in [1.54, 1.807) is 24.4 Å². The van der Waals surface area contributed by atoms with Crippen LogP contribution in [0.1, 0.15) is 16.8 Å². The van der Waals surface area contributed by atoms with E-state index in [0.717, 1.165) is 23.3 Å². The minimum Gasteiger partial charge on any atom is -0.348 e. The van der Waals surface area contributed by atoms with Gasteiger partial charge in [-0.15, -0.1) is 0 Å². The molecule has 0 fully saturated rings. The minimum absolute atomic E-state index is 0.238. The largest absolute Gasteiger partial charge is 0.416 e. The summed E-state index contributed by atoms with van der Waals surface area (Å²) >= 11 is 0. The van der Waals surface area contributed by atoms with Crippen LogP contribution in [0.15, 0.2) is 79.0 Å². The number of carbonyl (C=O) groups excluding carboxylic acids is 1. The highest BCUT2D eigenvalue weighted by Gasteiger charge is 2.29. The van der Waals surface area contributed by atoms with E-state index in [2.05, 4.69) is 10.3 Å². The van der Waals surface area contributed by atoms with Gasteiger partial charge in [0.1, 0.15) is 0 Å². The number of pyridine rings is 1. The number of nitrogens with zero attached hydrogens (tertiary/aromatic N) is 1. The maximum Gasteiger partial charge on any atom is 0.416 e. The molecule has 1 heterocycles. The van der Waals surface area contributed by atoms with Crippen molar-refractivity contribution >= 4 is 12.0 Å². The highest BCUT2D eigenvalue weighted by Crippen LogP contribution is 2.31. The fraction of sp³-hybridized carbons (Fsp3) is 0.0909. The van der Waals surface area contributed by atoms with Gasteiger partial charge < -0.3 is 5.32 Å². The molecule has 3 rings (SSSR count). The molecule has 0 saturated heterocycles. The zero-order chi connectivity index (χ0) is 20.0. The molecule has 28 heavy (non-hydrogen) atoms. The number of amides is 1. The molecule has 1 amide bonds. The standard InChI is InChI=1S/C22H17F3N2O/c23-22(24,25)19-10-8-18(9-11-19)17-6-4-16(5-7-17)15-27-21(28)13-12-20-3-1-2-14-26-20/h1-14H,15H2,(H,27,28)/b13-12+. The second kappa shape index (κ2) is 8.52. The lowest BCUT2D eigenvalue weighted by Crippen LogP contribution is -2.20. The first-order valence-corrected chi connectivity index (χ1v) is 8.55. The zero-order valence-corrected chi connectivity index (χ0v) is 14.8. The van der Waals surface area contributed by atoms with Crippen molar-refractivity contribution < 1.29 is 18.0 Å². The van der Waals surface area contributed by atoms with Gasteiger partial charge in [0.25, 0.3) is 0 Å². The lowest BCUT2D eigenvalue weighted by molar-refractivity contribution is -0.137. The Balaban J connectivity index is 1.57. The van der Waals surface area contributed by atoms with Gasteiger partial charge in [0, 0.05) is 18.8 Å². The van der Waals surface area contributed by atoms with Crippen LogP contribution in [0.4, 0.5) is 13.2 Å². The fourth-order valence-electron chi connectivity index (χ4n) is 2.55. The predicted octanol–water partition coefficient (Wildman–Crippen LogP) is 5.10. The van der Waals surface area contributed by atoms with E-state index in [-0.39, 0.29) is 5.91 Å². The van der Waals surface area contributed by atoms with Crippen LogP contribution in [0, 0.1) is 0 Å². The van der Waals surface area contributed by atoms with Crippen molar-refractivity contribution in [2.45, 2.75) is 12.7 Å². The Labute approximate surface area is 160 Å². The van der Waals surface area contributed by atoms with E-state index < -0.39 is 11.7 Å². The summed E-state index contributed by atoms with van der Waals surface area (Å²) in [5.74, 6) is -0.238. The molecule has 0 aliphatic heterocycles. The quantitative estimate of drug-likeness (QED) is 0.624. The molecular formula is C22H17F3N2O. The van der Waals surface area contributed by atoms with E-state index in [4.69, 9.17) is 0 Å². The number of aromatic nitrogens is 1. The fourth-order valence-corrected chi connectivity index (χ4v) is 2.55. The molecule has 0 atom stereocenters. The van der Waals surface area contributed by atoms with Crippen LogP contribution in [0.25, 0.3) is 17.2 Å². The van der Waals surface area contributed by atoms with Crippen LogP contribution < -0.4 is 5.32 Å². The van der Waals surface area contributed by atoms with Crippen molar-refractivity contribution in [2.24, 2.45) is 0 Å². The first-order chi connectivity index (χ1) is 13.4. The second-order valence-electron chi connectivity index (χ2n) is 6.08. The summed E-state index contributed by atoms with van der Waals surface area (Å²) in [6.45, 7) is 0.346. The smallest absolute Gasteiger partial charge is 0.348 e. The number of hydrogen-bond acceptors (Lipinski definition) is 2. The molecular weight excluding hydrogens is 365 g/mol. The van der Waals surface area contributed by atoms with E-state index in [1.807, 2.05) is 30.3 Å². The monoisotopic (exact) mass is 382 g/mol. The van der Waals surface area contributed by atoms with Crippen molar-refractivity contribution in [1.82, 2.24) is 10.3 Å². The van der Waals surface area contributed by atoms with E-state index in [0.29, 0.717) is 17.8 Å².